The van der Waals surface area contributed by atoms with Gasteiger partial charge in [0.05, 0.1) is 11.4 Å². The van der Waals surface area contributed by atoms with Crippen molar-refractivity contribution in [1.82, 2.24) is 0 Å². The van der Waals surface area contributed by atoms with Gasteiger partial charge in [0.25, 0.3) is 0 Å². The minimum Gasteiger partial charge on any atom is -0.397 e. The molecule has 0 heterocycles. The zero-order valence-electron chi connectivity index (χ0n) is 12.8. The fraction of sp³-hybridized carbons (Fsp3) is 0.333. The third-order valence-corrected chi connectivity index (χ3v) is 3.51. The van der Waals surface area contributed by atoms with E-state index in [1.807, 2.05) is 12.1 Å². The van der Waals surface area contributed by atoms with Gasteiger partial charge in [0.1, 0.15) is 0 Å². The molecule has 0 aliphatic carbocycles. The molecule has 0 atom stereocenters. The molecule has 0 amide bonds. The van der Waals surface area contributed by atoms with E-state index in [0.29, 0.717) is 0 Å². The second kappa shape index (κ2) is 5.58. The van der Waals surface area contributed by atoms with Crippen LogP contribution >= 0.6 is 0 Å². The van der Waals surface area contributed by atoms with Crippen LogP contribution in [0.15, 0.2) is 42.5 Å². The van der Waals surface area contributed by atoms with E-state index in [-0.39, 0.29) is 5.41 Å². The van der Waals surface area contributed by atoms with Crippen LogP contribution < -0.4 is 11.1 Å². The molecule has 0 bridgehead atoms. The predicted octanol–water partition coefficient (Wildman–Crippen LogP) is 4.49. The quantitative estimate of drug-likeness (QED) is 0.805. The van der Waals surface area contributed by atoms with Gasteiger partial charge in [-0.3, -0.25) is 0 Å². The summed E-state index contributed by atoms with van der Waals surface area (Å²) in [6, 6.07) is 14.8. The van der Waals surface area contributed by atoms with E-state index in [0.717, 1.165) is 17.9 Å². The maximum Gasteiger partial charge on any atom is 0.0579 e. The molecule has 2 heteroatoms. The first-order valence-corrected chi connectivity index (χ1v) is 7.06. The van der Waals surface area contributed by atoms with Gasteiger partial charge in [0.2, 0.25) is 0 Å². The summed E-state index contributed by atoms with van der Waals surface area (Å²) in [7, 11) is 0. The highest BCUT2D eigenvalue weighted by molar-refractivity contribution is 5.67. The lowest BCUT2D eigenvalue weighted by Gasteiger charge is -2.19. The van der Waals surface area contributed by atoms with E-state index in [4.69, 9.17) is 5.73 Å². The van der Waals surface area contributed by atoms with E-state index < -0.39 is 0 Å². The molecule has 0 fully saturated rings. The van der Waals surface area contributed by atoms with E-state index in [9.17, 15) is 0 Å². The lowest BCUT2D eigenvalue weighted by molar-refractivity contribution is 0.590. The van der Waals surface area contributed by atoms with E-state index in [2.05, 4.69) is 63.3 Å². The largest absolute Gasteiger partial charge is 0.397 e. The summed E-state index contributed by atoms with van der Waals surface area (Å²) >= 11 is 0. The second-order valence-electron chi connectivity index (χ2n) is 6.39. The Morgan fingerprint density at radius 1 is 1.00 bits per heavy atom. The second-order valence-corrected chi connectivity index (χ2v) is 6.39. The lowest BCUT2D eigenvalue weighted by Crippen LogP contribution is -2.11. The monoisotopic (exact) mass is 268 g/mol. The fourth-order valence-corrected chi connectivity index (χ4v) is 2.14. The van der Waals surface area contributed by atoms with Gasteiger partial charge < -0.3 is 11.1 Å². The summed E-state index contributed by atoms with van der Waals surface area (Å²) in [6.45, 7) is 9.55. The van der Waals surface area contributed by atoms with Crippen LogP contribution in [0.25, 0.3) is 0 Å². The van der Waals surface area contributed by atoms with Crippen LogP contribution in [0.2, 0.25) is 0 Å². The molecule has 0 saturated heterocycles. The van der Waals surface area contributed by atoms with Crippen LogP contribution in [0.5, 0.6) is 0 Å². The molecule has 3 N–H and O–H groups in total. The first kappa shape index (κ1) is 14.4. The van der Waals surface area contributed by atoms with Crippen molar-refractivity contribution in [3.8, 4) is 0 Å². The Balaban J connectivity index is 2.06. The Labute approximate surface area is 122 Å². The predicted molar refractivity (Wildman–Crippen MR) is 88.1 cm³/mol. The molecule has 2 nitrogen and oxygen atoms in total. The van der Waals surface area contributed by atoms with Gasteiger partial charge >= 0.3 is 0 Å². The number of hydrogen-bond donors (Lipinski definition) is 2. The summed E-state index contributed by atoms with van der Waals surface area (Å²) in [4.78, 5) is 0. The van der Waals surface area contributed by atoms with Crippen molar-refractivity contribution >= 4 is 11.4 Å². The number of benzene rings is 2. The molecule has 0 spiro atoms. The highest BCUT2D eigenvalue weighted by Gasteiger charge is 2.12. The van der Waals surface area contributed by atoms with Gasteiger partial charge in [0.15, 0.2) is 0 Å². The van der Waals surface area contributed by atoms with Gasteiger partial charge in [0, 0.05) is 6.54 Å². The third-order valence-electron chi connectivity index (χ3n) is 3.51. The minimum absolute atomic E-state index is 0.201. The summed E-state index contributed by atoms with van der Waals surface area (Å²) in [5, 5.41) is 3.40. The summed E-state index contributed by atoms with van der Waals surface area (Å²) < 4.78 is 0. The summed E-state index contributed by atoms with van der Waals surface area (Å²) in [5.74, 6) is 0. The summed E-state index contributed by atoms with van der Waals surface area (Å²) in [6.07, 6.45) is 0. The zero-order chi connectivity index (χ0) is 14.8. The molecular weight excluding hydrogens is 244 g/mol. The molecule has 0 saturated carbocycles. The van der Waals surface area contributed by atoms with Gasteiger partial charge in [-0.05, 0) is 41.2 Å². The molecule has 2 aromatic rings. The Morgan fingerprint density at radius 3 is 2.25 bits per heavy atom. The van der Waals surface area contributed by atoms with Crippen molar-refractivity contribution < 1.29 is 0 Å². The third kappa shape index (κ3) is 3.53. The van der Waals surface area contributed by atoms with Crippen LogP contribution in [0.4, 0.5) is 11.4 Å². The molecular formula is C18H24N2. The maximum absolute atomic E-state index is 5.97. The van der Waals surface area contributed by atoms with Crippen molar-refractivity contribution in [2.75, 3.05) is 11.1 Å². The van der Waals surface area contributed by atoms with Crippen molar-refractivity contribution in [2.45, 2.75) is 39.7 Å². The average Bonchev–Trinajstić information content (AvgIpc) is 2.39. The van der Waals surface area contributed by atoms with E-state index >= 15 is 0 Å². The number of rotatable bonds is 3. The van der Waals surface area contributed by atoms with Crippen LogP contribution in [-0.4, -0.2) is 0 Å². The van der Waals surface area contributed by atoms with E-state index in [1.54, 1.807) is 0 Å². The standard InChI is InChI=1S/C18H24N2/c1-13-5-10-16(19)17(11-13)20-12-14-6-8-15(9-7-14)18(2,3)4/h5-11,20H,12,19H2,1-4H3. The van der Waals surface area contributed by atoms with Gasteiger partial charge in [-0.1, -0.05) is 51.1 Å². The van der Waals surface area contributed by atoms with Crippen molar-refractivity contribution in [3.05, 3.63) is 59.2 Å². The number of aryl methyl sites for hydroxylation is 1. The first-order chi connectivity index (χ1) is 9.36. The molecule has 106 valence electrons. The molecule has 20 heavy (non-hydrogen) atoms. The molecule has 0 aliphatic rings. The number of hydrogen-bond acceptors (Lipinski definition) is 2. The Morgan fingerprint density at radius 2 is 1.65 bits per heavy atom. The van der Waals surface area contributed by atoms with Crippen molar-refractivity contribution in [1.29, 1.82) is 0 Å². The number of nitrogen functional groups attached to an aromatic ring is 1. The number of nitrogens with one attached hydrogen (secondary N) is 1. The van der Waals surface area contributed by atoms with Gasteiger partial charge in [-0.15, -0.1) is 0 Å². The molecule has 2 aromatic carbocycles. The smallest absolute Gasteiger partial charge is 0.0579 e. The highest BCUT2D eigenvalue weighted by Crippen LogP contribution is 2.23. The van der Waals surface area contributed by atoms with E-state index in [1.165, 1.54) is 16.7 Å². The Kier molecular flexibility index (Phi) is 4.03. The van der Waals surface area contributed by atoms with Crippen molar-refractivity contribution in [3.63, 3.8) is 0 Å². The first-order valence-electron chi connectivity index (χ1n) is 7.06. The van der Waals surface area contributed by atoms with Crippen molar-refractivity contribution in [2.24, 2.45) is 0 Å². The number of anilines is 2. The van der Waals surface area contributed by atoms with Gasteiger partial charge in [-0.2, -0.15) is 0 Å². The topological polar surface area (TPSA) is 38.0 Å². The fourth-order valence-electron chi connectivity index (χ4n) is 2.14. The highest BCUT2D eigenvalue weighted by atomic mass is 14.9. The minimum atomic E-state index is 0.201. The zero-order valence-corrected chi connectivity index (χ0v) is 12.8. The SMILES string of the molecule is Cc1ccc(N)c(NCc2ccc(C(C)(C)C)cc2)c1. The maximum atomic E-state index is 5.97. The normalized spacial score (nSPS) is 11.4. The van der Waals surface area contributed by atoms with Gasteiger partial charge in [-0.25, -0.2) is 0 Å². The molecule has 0 radical (unpaired) electrons. The van der Waals surface area contributed by atoms with Crippen LogP contribution in [0.3, 0.4) is 0 Å². The Hall–Kier alpha value is -1.96. The lowest BCUT2D eigenvalue weighted by atomic mass is 9.87. The molecule has 0 aromatic heterocycles. The van der Waals surface area contributed by atoms with Crippen LogP contribution in [0, 0.1) is 6.92 Å². The number of nitrogens with two attached hydrogens (primary N) is 1. The molecule has 2 rings (SSSR count). The Bertz CT molecular complexity index is 577. The average molecular weight is 268 g/mol. The van der Waals surface area contributed by atoms with Crippen LogP contribution in [0.1, 0.15) is 37.5 Å². The van der Waals surface area contributed by atoms with Crippen LogP contribution in [-0.2, 0) is 12.0 Å². The molecule has 0 aliphatic heterocycles. The summed E-state index contributed by atoms with van der Waals surface area (Å²) in [5.41, 5.74) is 11.8. The molecule has 0 unspecified atom stereocenters.